The van der Waals surface area contributed by atoms with Crippen molar-refractivity contribution in [1.29, 1.82) is 0 Å². The first-order chi connectivity index (χ1) is 10.3. The van der Waals surface area contributed by atoms with E-state index in [4.69, 9.17) is 4.74 Å². The largest absolute Gasteiger partial charge is 0.479 e. The minimum absolute atomic E-state index is 0.0186. The van der Waals surface area contributed by atoms with E-state index in [-0.39, 0.29) is 19.6 Å². The van der Waals surface area contributed by atoms with Gasteiger partial charge in [-0.05, 0) is 12.8 Å². The summed E-state index contributed by atoms with van der Waals surface area (Å²) in [6.07, 6.45) is 0.457. The summed E-state index contributed by atoms with van der Waals surface area (Å²) in [4.78, 5) is 24.8. The molecule has 2 rings (SSSR count). The molecule has 8 heteroatoms. The number of rotatable bonds is 4. The van der Waals surface area contributed by atoms with E-state index in [0.717, 1.165) is 4.90 Å². The lowest BCUT2D eigenvalue weighted by Gasteiger charge is -2.34. The number of carboxylic acid groups (broad SMARTS) is 1. The van der Waals surface area contributed by atoms with Crippen molar-refractivity contribution in [3.8, 4) is 0 Å². The van der Waals surface area contributed by atoms with Crippen LogP contribution in [0.15, 0.2) is 12.1 Å². The second-order valence-corrected chi connectivity index (χ2v) is 5.07. The predicted molar refractivity (Wildman–Crippen MR) is 68.8 cm³/mol. The van der Waals surface area contributed by atoms with Gasteiger partial charge in [-0.15, -0.1) is 0 Å². The van der Waals surface area contributed by atoms with Crippen LogP contribution in [0.2, 0.25) is 0 Å². The number of carbonyl (C=O) groups is 2. The fourth-order valence-corrected chi connectivity index (χ4v) is 2.73. The lowest BCUT2D eigenvalue weighted by Crippen LogP contribution is -2.56. The zero-order valence-corrected chi connectivity index (χ0v) is 11.7. The van der Waals surface area contributed by atoms with E-state index in [1.165, 1.54) is 7.11 Å². The summed E-state index contributed by atoms with van der Waals surface area (Å²) < 4.78 is 45.3. The highest BCUT2D eigenvalue weighted by atomic mass is 19.1. The molecule has 1 N–H and O–H groups in total. The van der Waals surface area contributed by atoms with Crippen LogP contribution in [0.5, 0.6) is 0 Å². The molecule has 0 saturated carbocycles. The molecule has 1 amide bonds. The molecular formula is C14H14F3NO4. The molecule has 120 valence electrons. The van der Waals surface area contributed by atoms with Crippen molar-refractivity contribution in [1.82, 2.24) is 4.90 Å². The Morgan fingerprint density at radius 1 is 1.32 bits per heavy atom. The molecule has 1 atom stereocenters. The van der Waals surface area contributed by atoms with Gasteiger partial charge < -0.3 is 14.7 Å². The van der Waals surface area contributed by atoms with Crippen molar-refractivity contribution in [2.24, 2.45) is 0 Å². The summed E-state index contributed by atoms with van der Waals surface area (Å²) >= 11 is 0. The van der Waals surface area contributed by atoms with Crippen molar-refractivity contribution in [2.75, 3.05) is 20.3 Å². The van der Waals surface area contributed by atoms with E-state index in [0.29, 0.717) is 18.6 Å². The first kappa shape index (κ1) is 16.3. The Morgan fingerprint density at radius 2 is 1.91 bits per heavy atom. The number of halogens is 3. The zero-order valence-electron chi connectivity index (χ0n) is 11.7. The number of likely N-dealkylation sites (tertiary alicyclic amines) is 1. The smallest absolute Gasteiger partial charge is 0.332 e. The number of ether oxygens (including phenoxy) is 1. The Labute approximate surface area is 124 Å². The van der Waals surface area contributed by atoms with Crippen molar-refractivity contribution in [3.05, 3.63) is 35.1 Å². The first-order valence-electron chi connectivity index (χ1n) is 6.52. The van der Waals surface area contributed by atoms with Gasteiger partial charge in [0.1, 0.15) is 23.0 Å². The third-order valence-electron chi connectivity index (χ3n) is 3.74. The van der Waals surface area contributed by atoms with Crippen LogP contribution < -0.4 is 0 Å². The van der Waals surface area contributed by atoms with Gasteiger partial charge in [0, 0.05) is 25.8 Å². The van der Waals surface area contributed by atoms with E-state index in [9.17, 15) is 27.9 Å². The summed E-state index contributed by atoms with van der Waals surface area (Å²) in [5, 5.41) is 9.42. The fraction of sp³-hybridized carbons (Fsp3) is 0.429. The molecule has 1 saturated heterocycles. The molecule has 1 aromatic rings. The van der Waals surface area contributed by atoms with Gasteiger partial charge in [-0.2, -0.15) is 0 Å². The highest BCUT2D eigenvalue weighted by molar-refractivity contribution is 5.98. The van der Waals surface area contributed by atoms with E-state index < -0.39 is 40.4 Å². The number of benzene rings is 1. The molecule has 1 heterocycles. The van der Waals surface area contributed by atoms with Crippen LogP contribution in [0.3, 0.4) is 0 Å². The monoisotopic (exact) mass is 317 g/mol. The van der Waals surface area contributed by atoms with Gasteiger partial charge in [-0.1, -0.05) is 0 Å². The Kier molecular flexibility index (Phi) is 4.41. The predicted octanol–water partition coefficient (Wildman–Crippen LogP) is 1.81. The first-order valence-corrected chi connectivity index (χ1v) is 6.52. The fourth-order valence-electron chi connectivity index (χ4n) is 2.73. The lowest BCUT2D eigenvalue weighted by atomic mass is 9.96. The van der Waals surface area contributed by atoms with Gasteiger partial charge in [-0.25, -0.2) is 18.0 Å². The van der Waals surface area contributed by atoms with Crippen LogP contribution in [0.25, 0.3) is 0 Å². The summed E-state index contributed by atoms with van der Waals surface area (Å²) in [7, 11) is 1.27. The van der Waals surface area contributed by atoms with Gasteiger partial charge in [-0.3, -0.25) is 4.79 Å². The van der Waals surface area contributed by atoms with E-state index in [1.807, 2.05) is 0 Å². The Balaban J connectivity index is 2.46. The summed E-state index contributed by atoms with van der Waals surface area (Å²) in [5.74, 6) is -6.35. The van der Waals surface area contributed by atoms with E-state index >= 15 is 0 Å². The molecule has 0 aromatic heterocycles. The second kappa shape index (κ2) is 5.96. The number of carbonyl (C=O) groups excluding carboxylic acids is 1. The SMILES string of the molecule is COCC1(C(=O)O)CCCN1C(=O)c1c(F)cc(F)cc1F. The summed E-state index contributed by atoms with van der Waals surface area (Å²) in [6, 6.07) is 0.760. The van der Waals surface area contributed by atoms with Gasteiger partial charge >= 0.3 is 5.97 Å². The third-order valence-corrected chi connectivity index (χ3v) is 3.74. The van der Waals surface area contributed by atoms with Crippen LogP contribution in [0.4, 0.5) is 13.2 Å². The number of nitrogens with zero attached hydrogens (tertiary/aromatic N) is 1. The topological polar surface area (TPSA) is 66.8 Å². The van der Waals surface area contributed by atoms with Gasteiger partial charge in [0.25, 0.3) is 5.91 Å². The van der Waals surface area contributed by atoms with Crippen LogP contribution in [0, 0.1) is 17.5 Å². The molecule has 0 aliphatic carbocycles. The molecule has 1 aliphatic heterocycles. The normalized spacial score (nSPS) is 21.2. The number of methoxy groups -OCH3 is 1. The molecule has 1 fully saturated rings. The maximum Gasteiger partial charge on any atom is 0.332 e. The molecule has 1 aromatic carbocycles. The third kappa shape index (κ3) is 2.54. The Hall–Kier alpha value is -2.09. The summed E-state index contributed by atoms with van der Waals surface area (Å²) in [5.41, 5.74) is -2.65. The van der Waals surface area contributed by atoms with Crippen LogP contribution in [0.1, 0.15) is 23.2 Å². The van der Waals surface area contributed by atoms with Gasteiger partial charge in [0.2, 0.25) is 0 Å². The van der Waals surface area contributed by atoms with Crippen molar-refractivity contribution in [2.45, 2.75) is 18.4 Å². The molecular weight excluding hydrogens is 303 g/mol. The van der Waals surface area contributed by atoms with E-state index in [2.05, 4.69) is 0 Å². The quantitative estimate of drug-likeness (QED) is 0.920. The Morgan fingerprint density at radius 3 is 2.41 bits per heavy atom. The molecule has 1 unspecified atom stereocenters. The zero-order chi connectivity index (χ0) is 16.5. The number of carboxylic acids is 1. The minimum atomic E-state index is -1.68. The molecule has 5 nitrogen and oxygen atoms in total. The van der Waals surface area contributed by atoms with Crippen LogP contribution in [-0.2, 0) is 9.53 Å². The molecule has 1 aliphatic rings. The highest BCUT2D eigenvalue weighted by Gasteiger charge is 2.51. The maximum absolute atomic E-state index is 13.7. The van der Waals surface area contributed by atoms with Crippen molar-refractivity contribution >= 4 is 11.9 Å². The highest BCUT2D eigenvalue weighted by Crippen LogP contribution is 2.32. The average Bonchev–Trinajstić information content (AvgIpc) is 2.82. The number of amides is 1. The van der Waals surface area contributed by atoms with E-state index in [1.54, 1.807) is 0 Å². The second-order valence-electron chi connectivity index (χ2n) is 5.07. The number of hydrogen-bond acceptors (Lipinski definition) is 3. The minimum Gasteiger partial charge on any atom is -0.479 e. The lowest BCUT2D eigenvalue weighted by molar-refractivity contribution is -0.151. The van der Waals surface area contributed by atoms with Gasteiger partial charge in [0.15, 0.2) is 5.54 Å². The number of hydrogen-bond donors (Lipinski definition) is 1. The Bertz CT molecular complexity index is 599. The van der Waals surface area contributed by atoms with Crippen molar-refractivity contribution < 1.29 is 32.6 Å². The maximum atomic E-state index is 13.7. The molecule has 0 radical (unpaired) electrons. The molecule has 0 spiro atoms. The summed E-state index contributed by atoms with van der Waals surface area (Å²) in [6.45, 7) is -0.288. The average molecular weight is 317 g/mol. The molecule has 0 bridgehead atoms. The standard InChI is InChI=1S/C14H14F3NO4/c1-22-7-14(13(20)21)3-2-4-18(14)12(19)11-9(16)5-8(15)6-10(11)17/h5-6H,2-4,7H2,1H3,(H,20,21). The van der Waals surface area contributed by atoms with Crippen LogP contribution in [-0.4, -0.2) is 47.7 Å². The van der Waals surface area contributed by atoms with Crippen molar-refractivity contribution in [3.63, 3.8) is 0 Å². The van der Waals surface area contributed by atoms with Crippen LogP contribution >= 0.6 is 0 Å². The molecule has 22 heavy (non-hydrogen) atoms. The van der Waals surface area contributed by atoms with Gasteiger partial charge in [0.05, 0.1) is 6.61 Å². The number of aliphatic carboxylic acids is 1.